The standard InChI is InChI=1S/C16H21N3O4/c1-3-23-16(22)19-10-8-18(9-11-19)15(21)14(20)17-13-7-5-4-6-12(13)2/h4-7H,3,8-11H2,1-2H3,(H,17,20). The predicted molar refractivity (Wildman–Crippen MR) is 85.0 cm³/mol. The second kappa shape index (κ2) is 7.62. The maximum absolute atomic E-state index is 12.2. The first-order valence-electron chi connectivity index (χ1n) is 7.60. The van der Waals surface area contributed by atoms with Crippen LogP contribution in [0.3, 0.4) is 0 Å². The minimum atomic E-state index is -0.663. The molecule has 0 radical (unpaired) electrons. The molecule has 0 atom stereocenters. The summed E-state index contributed by atoms with van der Waals surface area (Å²) >= 11 is 0. The van der Waals surface area contributed by atoms with Crippen molar-refractivity contribution in [3.63, 3.8) is 0 Å². The van der Waals surface area contributed by atoms with Gasteiger partial charge in [0.25, 0.3) is 0 Å². The van der Waals surface area contributed by atoms with E-state index < -0.39 is 11.8 Å². The largest absolute Gasteiger partial charge is 0.450 e. The summed E-state index contributed by atoms with van der Waals surface area (Å²) in [4.78, 5) is 38.9. The number of hydrogen-bond acceptors (Lipinski definition) is 4. The Bertz CT molecular complexity index is 595. The Morgan fingerprint density at radius 2 is 1.70 bits per heavy atom. The van der Waals surface area contributed by atoms with Crippen LogP contribution in [0.4, 0.5) is 10.5 Å². The minimum Gasteiger partial charge on any atom is -0.450 e. The Kier molecular flexibility index (Phi) is 5.56. The number of hydrogen-bond donors (Lipinski definition) is 1. The highest BCUT2D eigenvalue weighted by Crippen LogP contribution is 2.13. The second-order valence-corrected chi connectivity index (χ2v) is 5.25. The molecule has 7 nitrogen and oxygen atoms in total. The second-order valence-electron chi connectivity index (χ2n) is 5.25. The third kappa shape index (κ3) is 4.21. The molecule has 1 heterocycles. The maximum Gasteiger partial charge on any atom is 0.409 e. The molecule has 2 rings (SSSR count). The molecule has 0 aromatic heterocycles. The molecule has 0 bridgehead atoms. The molecule has 1 N–H and O–H groups in total. The molecule has 124 valence electrons. The topological polar surface area (TPSA) is 79.0 Å². The summed E-state index contributed by atoms with van der Waals surface area (Å²) < 4.78 is 4.92. The Labute approximate surface area is 135 Å². The number of nitrogens with zero attached hydrogens (tertiary/aromatic N) is 2. The summed E-state index contributed by atoms with van der Waals surface area (Å²) in [6, 6.07) is 7.27. The van der Waals surface area contributed by atoms with Gasteiger partial charge in [0.05, 0.1) is 6.61 Å². The van der Waals surface area contributed by atoms with Gasteiger partial charge < -0.3 is 19.9 Å². The summed E-state index contributed by atoms with van der Waals surface area (Å²) in [5.41, 5.74) is 1.51. The molecule has 1 aliphatic rings. The lowest BCUT2D eigenvalue weighted by atomic mass is 10.2. The van der Waals surface area contributed by atoms with E-state index in [0.717, 1.165) is 5.56 Å². The highest BCUT2D eigenvalue weighted by Gasteiger charge is 2.28. The van der Waals surface area contributed by atoms with Crippen LogP contribution < -0.4 is 5.32 Å². The smallest absolute Gasteiger partial charge is 0.409 e. The van der Waals surface area contributed by atoms with Crippen LogP contribution in [0.15, 0.2) is 24.3 Å². The highest BCUT2D eigenvalue weighted by molar-refractivity contribution is 6.39. The van der Waals surface area contributed by atoms with Crippen molar-refractivity contribution in [2.45, 2.75) is 13.8 Å². The van der Waals surface area contributed by atoms with Gasteiger partial charge in [0, 0.05) is 31.9 Å². The summed E-state index contributed by atoms with van der Waals surface area (Å²) in [6.07, 6.45) is -0.385. The minimum absolute atomic E-state index is 0.316. The fourth-order valence-electron chi connectivity index (χ4n) is 2.34. The number of carbonyl (C=O) groups is 3. The Morgan fingerprint density at radius 1 is 1.09 bits per heavy atom. The van der Waals surface area contributed by atoms with Crippen molar-refractivity contribution in [3.8, 4) is 0 Å². The van der Waals surface area contributed by atoms with Gasteiger partial charge in [-0.2, -0.15) is 0 Å². The van der Waals surface area contributed by atoms with E-state index in [9.17, 15) is 14.4 Å². The van der Waals surface area contributed by atoms with Gasteiger partial charge in [-0.1, -0.05) is 18.2 Å². The molecule has 1 saturated heterocycles. The Hall–Kier alpha value is -2.57. The number of nitrogens with one attached hydrogen (secondary N) is 1. The lowest BCUT2D eigenvalue weighted by Crippen LogP contribution is -2.53. The fraction of sp³-hybridized carbons (Fsp3) is 0.438. The summed E-state index contributed by atoms with van der Waals surface area (Å²) in [6.45, 7) is 5.28. The SMILES string of the molecule is CCOC(=O)N1CCN(C(=O)C(=O)Nc2ccccc2C)CC1. The van der Waals surface area contributed by atoms with Crippen molar-refractivity contribution >= 4 is 23.6 Å². The number of aryl methyl sites for hydroxylation is 1. The van der Waals surface area contributed by atoms with Crippen molar-refractivity contribution < 1.29 is 19.1 Å². The van der Waals surface area contributed by atoms with Crippen molar-refractivity contribution in [3.05, 3.63) is 29.8 Å². The molecular formula is C16H21N3O4. The van der Waals surface area contributed by atoms with E-state index in [2.05, 4.69) is 5.32 Å². The zero-order chi connectivity index (χ0) is 16.8. The van der Waals surface area contributed by atoms with Crippen molar-refractivity contribution in [2.75, 3.05) is 38.1 Å². The van der Waals surface area contributed by atoms with E-state index in [0.29, 0.717) is 38.5 Å². The van der Waals surface area contributed by atoms with Crippen LogP contribution in [0.1, 0.15) is 12.5 Å². The lowest BCUT2D eigenvalue weighted by Gasteiger charge is -2.33. The molecule has 1 fully saturated rings. The molecular weight excluding hydrogens is 298 g/mol. The van der Waals surface area contributed by atoms with E-state index in [1.165, 1.54) is 9.80 Å². The van der Waals surface area contributed by atoms with Crippen LogP contribution in [-0.4, -0.2) is 60.5 Å². The first-order chi connectivity index (χ1) is 11.0. The van der Waals surface area contributed by atoms with Crippen LogP contribution in [0.5, 0.6) is 0 Å². The molecule has 3 amide bonds. The Balaban J connectivity index is 1.88. The van der Waals surface area contributed by atoms with E-state index in [4.69, 9.17) is 4.74 Å². The number of carbonyl (C=O) groups excluding carboxylic acids is 3. The van der Waals surface area contributed by atoms with Gasteiger partial charge in [-0.3, -0.25) is 9.59 Å². The van der Waals surface area contributed by atoms with Gasteiger partial charge in [-0.25, -0.2) is 4.79 Å². The van der Waals surface area contributed by atoms with Crippen LogP contribution >= 0.6 is 0 Å². The van der Waals surface area contributed by atoms with Crippen LogP contribution in [0, 0.1) is 6.92 Å². The van der Waals surface area contributed by atoms with Gasteiger partial charge in [-0.05, 0) is 25.5 Å². The van der Waals surface area contributed by atoms with Gasteiger partial charge in [-0.15, -0.1) is 0 Å². The number of amides is 3. The van der Waals surface area contributed by atoms with Crippen molar-refractivity contribution in [1.29, 1.82) is 0 Å². The monoisotopic (exact) mass is 319 g/mol. The van der Waals surface area contributed by atoms with Crippen LogP contribution in [0.25, 0.3) is 0 Å². The van der Waals surface area contributed by atoms with Crippen molar-refractivity contribution in [1.82, 2.24) is 9.80 Å². The number of ether oxygens (including phenoxy) is 1. The lowest BCUT2D eigenvalue weighted by molar-refractivity contribution is -0.144. The third-order valence-electron chi connectivity index (χ3n) is 3.68. The molecule has 7 heteroatoms. The summed E-state index contributed by atoms with van der Waals surface area (Å²) in [7, 11) is 0. The predicted octanol–water partition coefficient (Wildman–Crippen LogP) is 1.23. The molecule has 1 aromatic carbocycles. The van der Waals surface area contributed by atoms with E-state index in [1.54, 1.807) is 19.1 Å². The van der Waals surface area contributed by atoms with Gasteiger partial charge in [0.1, 0.15) is 0 Å². The van der Waals surface area contributed by atoms with Gasteiger partial charge >= 0.3 is 17.9 Å². The van der Waals surface area contributed by atoms with Crippen molar-refractivity contribution in [2.24, 2.45) is 0 Å². The molecule has 0 aliphatic carbocycles. The highest BCUT2D eigenvalue weighted by atomic mass is 16.6. The van der Waals surface area contributed by atoms with Gasteiger partial charge in [0.2, 0.25) is 0 Å². The summed E-state index contributed by atoms with van der Waals surface area (Å²) in [5, 5.41) is 2.63. The third-order valence-corrected chi connectivity index (χ3v) is 3.68. The number of anilines is 1. The Morgan fingerprint density at radius 3 is 2.30 bits per heavy atom. The number of rotatable bonds is 2. The van der Waals surface area contributed by atoms with E-state index in [1.807, 2.05) is 19.1 Å². The average molecular weight is 319 g/mol. The molecule has 0 unspecified atom stereocenters. The number of para-hydroxylation sites is 1. The maximum atomic E-state index is 12.2. The van der Waals surface area contributed by atoms with Crippen LogP contribution in [0.2, 0.25) is 0 Å². The zero-order valence-electron chi connectivity index (χ0n) is 13.4. The van der Waals surface area contributed by atoms with E-state index >= 15 is 0 Å². The normalized spacial score (nSPS) is 14.3. The first kappa shape index (κ1) is 16.8. The summed E-state index contributed by atoms with van der Waals surface area (Å²) in [5.74, 6) is -1.25. The molecule has 1 aliphatic heterocycles. The number of benzene rings is 1. The molecule has 0 spiro atoms. The molecule has 1 aromatic rings. The molecule has 23 heavy (non-hydrogen) atoms. The van der Waals surface area contributed by atoms with Crippen LogP contribution in [-0.2, 0) is 14.3 Å². The first-order valence-corrected chi connectivity index (χ1v) is 7.60. The number of piperazine rings is 1. The fourth-order valence-corrected chi connectivity index (χ4v) is 2.34. The molecule has 0 saturated carbocycles. The quantitative estimate of drug-likeness (QED) is 0.832. The zero-order valence-corrected chi connectivity index (χ0v) is 13.4. The van der Waals surface area contributed by atoms with Gasteiger partial charge in [0.15, 0.2) is 0 Å². The van der Waals surface area contributed by atoms with E-state index in [-0.39, 0.29) is 6.09 Å². The average Bonchev–Trinajstić information content (AvgIpc) is 2.56.